The summed E-state index contributed by atoms with van der Waals surface area (Å²) in [6, 6.07) is -0.252. The molecule has 2 N–H and O–H groups in total. The molecule has 0 unspecified atom stereocenters. The van der Waals surface area contributed by atoms with E-state index in [2.05, 4.69) is 22.5 Å². The van der Waals surface area contributed by atoms with Crippen molar-refractivity contribution in [1.29, 1.82) is 0 Å². The van der Waals surface area contributed by atoms with Crippen LogP contribution in [0.3, 0.4) is 0 Å². The molecule has 0 aliphatic carbocycles. The highest BCUT2D eigenvalue weighted by atomic mass is 16.4. The third kappa shape index (κ3) is 3.08. The highest BCUT2D eigenvalue weighted by Crippen LogP contribution is 2.10. The maximum atomic E-state index is 11.2. The summed E-state index contributed by atoms with van der Waals surface area (Å²) in [5.41, 5.74) is 0.677. The van der Waals surface area contributed by atoms with Gasteiger partial charge < -0.3 is 9.73 Å². The van der Waals surface area contributed by atoms with Crippen molar-refractivity contribution in [2.75, 3.05) is 11.9 Å². The zero-order valence-electron chi connectivity index (χ0n) is 8.46. The lowest BCUT2D eigenvalue weighted by atomic mass is 10.3. The van der Waals surface area contributed by atoms with Crippen LogP contribution in [0.5, 0.6) is 0 Å². The number of unbranched alkanes of at least 4 members (excludes halogenated alkanes) is 1. The third-order valence-corrected chi connectivity index (χ3v) is 1.79. The van der Waals surface area contributed by atoms with Crippen LogP contribution in [0.15, 0.2) is 10.8 Å². The lowest BCUT2D eigenvalue weighted by molar-refractivity contribution is 0.251. The first-order valence-corrected chi connectivity index (χ1v) is 4.69. The van der Waals surface area contributed by atoms with Gasteiger partial charge in [0.05, 0.1) is 0 Å². The van der Waals surface area contributed by atoms with Gasteiger partial charge in [0.25, 0.3) is 0 Å². The van der Waals surface area contributed by atoms with Crippen molar-refractivity contribution in [3.05, 3.63) is 12.1 Å². The van der Waals surface area contributed by atoms with Crippen LogP contribution in [-0.4, -0.2) is 17.6 Å². The van der Waals surface area contributed by atoms with E-state index in [4.69, 9.17) is 4.42 Å². The number of aryl methyl sites for hydroxylation is 1. The van der Waals surface area contributed by atoms with Gasteiger partial charge in [0.15, 0.2) is 6.39 Å². The molecule has 0 aliphatic heterocycles. The van der Waals surface area contributed by atoms with Crippen molar-refractivity contribution in [2.24, 2.45) is 0 Å². The summed E-state index contributed by atoms with van der Waals surface area (Å²) in [6.07, 6.45) is 3.33. The number of anilines is 1. The highest BCUT2D eigenvalue weighted by molar-refractivity contribution is 5.88. The first-order chi connectivity index (χ1) is 6.74. The zero-order valence-corrected chi connectivity index (χ0v) is 8.46. The maximum Gasteiger partial charge on any atom is 0.321 e. The second-order valence-electron chi connectivity index (χ2n) is 3.00. The standard InChI is InChI=1S/C9H15N3O2/c1-3-4-5-10-9(13)12-8-7(2)11-6-14-8/h6H,3-5H2,1-2H3,(H2,10,12,13). The Morgan fingerprint density at radius 2 is 2.43 bits per heavy atom. The molecule has 5 nitrogen and oxygen atoms in total. The molecule has 14 heavy (non-hydrogen) atoms. The molecule has 2 amide bonds. The van der Waals surface area contributed by atoms with E-state index in [0.29, 0.717) is 18.1 Å². The van der Waals surface area contributed by atoms with E-state index in [1.54, 1.807) is 6.92 Å². The third-order valence-electron chi connectivity index (χ3n) is 1.79. The van der Waals surface area contributed by atoms with Crippen molar-refractivity contribution in [3.63, 3.8) is 0 Å². The fourth-order valence-electron chi connectivity index (χ4n) is 0.948. The summed E-state index contributed by atoms with van der Waals surface area (Å²) in [7, 11) is 0. The average molecular weight is 197 g/mol. The predicted octanol–water partition coefficient (Wildman–Crippen LogP) is 1.90. The minimum absolute atomic E-state index is 0.252. The molecule has 0 bridgehead atoms. The fourth-order valence-corrected chi connectivity index (χ4v) is 0.948. The van der Waals surface area contributed by atoms with Gasteiger partial charge in [-0.25, -0.2) is 9.78 Å². The molecule has 1 aromatic heterocycles. The van der Waals surface area contributed by atoms with Crippen LogP contribution in [-0.2, 0) is 0 Å². The van der Waals surface area contributed by atoms with Crippen LogP contribution in [0.2, 0.25) is 0 Å². The van der Waals surface area contributed by atoms with E-state index in [1.807, 2.05) is 0 Å². The zero-order chi connectivity index (χ0) is 10.4. The van der Waals surface area contributed by atoms with E-state index < -0.39 is 0 Å². The second kappa shape index (κ2) is 5.26. The minimum atomic E-state index is -0.252. The Morgan fingerprint density at radius 3 is 3.00 bits per heavy atom. The Bertz CT molecular complexity index is 296. The molecule has 0 spiro atoms. The van der Waals surface area contributed by atoms with Crippen LogP contribution in [0, 0.1) is 6.92 Å². The molecular formula is C9H15N3O2. The minimum Gasteiger partial charge on any atom is -0.427 e. The van der Waals surface area contributed by atoms with Crippen molar-refractivity contribution in [2.45, 2.75) is 26.7 Å². The van der Waals surface area contributed by atoms with Crippen LogP contribution in [0.1, 0.15) is 25.5 Å². The van der Waals surface area contributed by atoms with Crippen LogP contribution in [0.25, 0.3) is 0 Å². The first-order valence-electron chi connectivity index (χ1n) is 4.69. The largest absolute Gasteiger partial charge is 0.427 e. The maximum absolute atomic E-state index is 11.2. The smallest absolute Gasteiger partial charge is 0.321 e. The number of urea groups is 1. The van der Waals surface area contributed by atoms with Crippen molar-refractivity contribution < 1.29 is 9.21 Å². The molecule has 1 heterocycles. The summed E-state index contributed by atoms with van der Waals surface area (Å²) in [5.74, 6) is 0.402. The van der Waals surface area contributed by atoms with Crippen molar-refractivity contribution in [1.82, 2.24) is 10.3 Å². The van der Waals surface area contributed by atoms with E-state index in [9.17, 15) is 4.79 Å². The van der Waals surface area contributed by atoms with E-state index in [0.717, 1.165) is 12.8 Å². The normalized spacial score (nSPS) is 9.86. The Hall–Kier alpha value is -1.52. The molecule has 1 rings (SSSR count). The Balaban J connectivity index is 2.31. The number of amides is 2. The Morgan fingerprint density at radius 1 is 1.64 bits per heavy atom. The summed E-state index contributed by atoms with van der Waals surface area (Å²) < 4.78 is 4.96. The fraction of sp³-hybridized carbons (Fsp3) is 0.556. The van der Waals surface area contributed by atoms with E-state index in [-0.39, 0.29) is 6.03 Å². The summed E-state index contributed by atoms with van der Waals surface area (Å²) in [4.78, 5) is 15.1. The molecule has 0 saturated carbocycles. The van der Waals surface area contributed by atoms with Crippen LogP contribution in [0.4, 0.5) is 10.7 Å². The molecular weight excluding hydrogens is 182 g/mol. The quantitative estimate of drug-likeness (QED) is 0.724. The molecule has 0 aromatic carbocycles. The molecule has 0 aliphatic rings. The SMILES string of the molecule is CCCCNC(=O)Nc1ocnc1C. The molecule has 1 aromatic rings. The molecule has 0 radical (unpaired) electrons. The lowest BCUT2D eigenvalue weighted by Gasteiger charge is -2.04. The number of hydrogen-bond donors (Lipinski definition) is 2. The highest BCUT2D eigenvalue weighted by Gasteiger charge is 2.06. The number of rotatable bonds is 4. The molecule has 0 atom stereocenters. The van der Waals surface area contributed by atoms with Crippen molar-refractivity contribution in [3.8, 4) is 0 Å². The number of carbonyl (C=O) groups is 1. The molecule has 5 heteroatoms. The van der Waals surface area contributed by atoms with Gasteiger partial charge in [-0.05, 0) is 13.3 Å². The molecule has 78 valence electrons. The number of nitrogens with zero attached hydrogens (tertiary/aromatic N) is 1. The first kappa shape index (κ1) is 10.6. The Kier molecular flexibility index (Phi) is 3.97. The second-order valence-corrected chi connectivity index (χ2v) is 3.00. The Labute approximate surface area is 82.9 Å². The van der Waals surface area contributed by atoms with Crippen LogP contribution >= 0.6 is 0 Å². The number of hydrogen-bond acceptors (Lipinski definition) is 3. The van der Waals surface area contributed by atoms with E-state index in [1.165, 1.54) is 6.39 Å². The molecule has 0 saturated heterocycles. The van der Waals surface area contributed by atoms with Gasteiger partial charge in [-0.1, -0.05) is 13.3 Å². The van der Waals surface area contributed by atoms with Gasteiger partial charge in [0, 0.05) is 6.54 Å². The van der Waals surface area contributed by atoms with Gasteiger partial charge in [0.2, 0.25) is 5.88 Å². The number of carbonyl (C=O) groups excluding carboxylic acids is 1. The monoisotopic (exact) mass is 197 g/mol. The van der Waals surface area contributed by atoms with Gasteiger partial charge in [0.1, 0.15) is 5.69 Å². The van der Waals surface area contributed by atoms with Crippen molar-refractivity contribution >= 4 is 11.9 Å². The number of nitrogens with one attached hydrogen (secondary N) is 2. The topological polar surface area (TPSA) is 67.2 Å². The van der Waals surface area contributed by atoms with Crippen LogP contribution < -0.4 is 10.6 Å². The van der Waals surface area contributed by atoms with Gasteiger partial charge in [-0.15, -0.1) is 0 Å². The van der Waals surface area contributed by atoms with Gasteiger partial charge >= 0.3 is 6.03 Å². The number of aromatic nitrogens is 1. The lowest BCUT2D eigenvalue weighted by Crippen LogP contribution is -2.29. The van der Waals surface area contributed by atoms with Gasteiger partial charge in [-0.2, -0.15) is 0 Å². The summed E-state index contributed by atoms with van der Waals surface area (Å²) >= 11 is 0. The van der Waals surface area contributed by atoms with E-state index >= 15 is 0 Å². The molecule has 0 fully saturated rings. The summed E-state index contributed by atoms with van der Waals surface area (Å²) in [6.45, 7) is 4.51. The predicted molar refractivity (Wildman–Crippen MR) is 53.2 cm³/mol. The number of oxazole rings is 1. The van der Waals surface area contributed by atoms with Gasteiger partial charge in [-0.3, -0.25) is 5.32 Å². The summed E-state index contributed by atoms with van der Waals surface area (Å²) in [5, 5.41) is 5.28. The average Bonchev–Trinajstić information content (AvgIpc) is 2.52.